The van der Waals surface area contributed by atoms with Gasteiger partial charge in [-0.2, -0.15) is 0 Å². The smallest absolute Gasteiger partial charge is 0.339 e. The first-order valence-electron chi connectivity index (χ1n) is 8.00. The average molecular weight is 386 g/mol. The number of carbonyl (C=O) groups excluding carboxylic acids is 2. The number of hydrogen-bond acceptors (Lipinski definition) is 3. The maximum atomic E-state index is 13.1. The lowest BCUT2D eigenvalue weighted by atomic mass is 10.0. The Labute approximate surface area is 157 Å². The van der Waals surface area contributed by atoms with Gasteiger partial charge in [0.1, 0.15) is 0 Å². The second kappa shape index (κ2) is 6.04. The predicted octanol–water partition coefficient (Wildman–Crippen LogP) is 5.00. The van der Waals surface area contributed by atoms with E-state index in [0.717, 1.165) is 15.7 Å². The van der Waals surface area contributed by atoms with Crippen LogP contribution in [0.1, 0.15) is 20.7 Å². The molecule has 4 nitrogen and oxygen atoms in total. The van der Waals surface area contributed by atoms with Gasteiger partial charge in [-0.05, 0) is 49.8 Å². The molecule has 0 aliphatic carbocycles. The standard InChI is InChI=1S/C20H16ClNO3S/c1-22-19(23)15-10-5-7-13-8-6-12-17(18(13)15)26(22,21)16-11-4-3-9-14(16)20(24)25-2/h3-12H,1-2H3. The summed E-state index contributed by atoms with van der Waals surface area (Å²) in [5, 5.41) is 1.80. The summed E-state index contributed by atoms with van der Waals surface area (Å²) in [6.45, 7) is 0. The number of hydrogen-bond donors (Lipinski definition) is 0. The summed E-state index contributed by atoms with van der Waals surface area (Å²) in [5.41, 5.74) is 0.996. The minimum absolute atomic E-state index is 0.154. The van der Waals surface area contributed by atoms with E-state index in [2.05, 4.69) is 0 Å². The van der Waals surface area contributed by atoms with Crippen molar-refractivity contribution in [2.45, 2.75) is 9.79 Å². The SMILES string of the molecule is COC(=O)c1ccccc1S1(Cl)c2cccc3cccc(c23)C(=O)N1C. The summed E-state index contributed by atoms with van der Waals surface area (Å²) >= 11 is 0. The fourth-order valence-electron chi connectivity index (χ4n) is 3.39. The van der Waals surface area contributed by atoms with E-state index in [1.54, 1.807) is 29.6 Å². The molecule has 0 radical (unpaired) electrons. The first-order valence-corrected chi connectivity index (χ1v) is 10.4. The fraction of sp³-hybridized carbons (Fsp3) is 0.100. The van der Waals surface area contributed by atoms with Crippen molar-refractivity contribution in [2.24, 2.45) is 0 Å². The van der Waals surface area contributed by atoms with Gasteiger partial charge in [0.15, 0.2) is 0 Å². The number of carbonyl (C=O) groups is 2. The Balaban J connectivity index is 2.11. The van der Waals surface area contributed by atoms with Gasteiger partial charge in [-0.1, -0.05) is 36.4 Å². The number of rotatable bonds is 2. The van der Waals surface area contributed by atoms with Gasteiger partial charge in [0.05, 0.1) is 12.7 Å². The number of esters is 1. The Kier molecular flexibility index (Phi) is 3.93. The molecule has 3 aromatic rings. The van der Waals surface area contributed by atoms with Crippen molar-refractivity contribution in [1.29, 1.82) is 0 Å². The highest BCUT2D eigenvalue weighted by molar-refractivity contribution is 8.50. The third-order valence-electron chi connectivity index (χ3n) is 4.64. The molecule has 3 aromatic carbocycles. The van der Waals surface area contributed by atoms with Crippen molar-refractivity contribution in [2.75, 3.05) is 14.2 Å². The van der Waals surface area contributed by atoms with Crippen molar-refractivity contribution in [3.05, 3.63) is 71.8 Å². The Morgan fingerprint density at radius 1 is 1.00 bits per heavy atom. The van der Waals surface area contributed by atoms with Crippen LogP contribution in [-0.4, -0.2) is 30.3 Å². The molecular formula is C20H16ClNO3S. The first kappa shape index (κ1) is 16.9. The third-order valence-corrected chi connectivity index (χ3v) is 9.04. The molecule has 0 spiro atoms. The summed E-state index contributed by atoms with van der Waals surface area (Å²) in [5.74, 6) is -0.626. The number of halogens is 1. The largest absolute Gasteiger partial charge is 0.465 e. The normalized spacial score (nSPS) is 21.3. The zero-order valence-corrected chi connectivity index (χ0v) is 15.8. The zero-order valence-electron chi connectivity index (χ0n) is 14.2. The Bertz CT molecular complexity index is 1060. The van der Waals surface area contributed by atoms with Crippen LogP contribution in [0.3, 0.4) is 0 Å². The van der Waals surface area contributed by atoms with E-state index in [0.29, 0.717) is 16.0 Å². The highest BCUT2D eigenvalue weighted by Crippen LogP contribution is 2.72. The Morgan fingerprint density at radius 2 is 1.65 bits per heavy atom. The van der Waals surface area contributed by atoms with Gasteiger partial charge >= 0.3 is 5.97 Å². The summed E-state index contributed by atoms with van der Waals surface area (Å²) in [7, 11) is 7.81. The molecular weight excluding hydrogens is 370 g/mol. The molecule has 1 amide bonds. The number of methoxy groups -OCH3 is 1. The minimum Gasteiger partial charge on any atom is -0.465 e. The van der Waals surface area contributed by atoms with Crippen LogP contribution < -0.4 is 0 Å². The summed E-state index contributed by atoms with van der Waals surface area (Å²) < 4.78 is 6.49. The molecule has 0 saturated carbocycles. The molecule has 0 bridgehead atoms. The van der Waals surface area contributed by atoms with Crippen molar-refractivity contribution in [3.8, 4) is 0 Å². The molecule has 26 heavy (non-hydrogen) atoms. The second-order valence-electron chi connectivity index (χ2n) is 5.96. The highest BCUT2D eigenvalue weighted by Gasteiger charge is 2.42. The number of benzene rings is 3. The van der Waals surface area contributed by atoms with Gasteiger partial charge < -0.3 is 4.74 Å². The summed E-state index contributed by atoms with van der Waals surface area (Å²) in [6.07, 6.45) is 0. The Morgan fingerprint density at radius 3 is 2.38 bits per heavy atom. The van der Waals surface area contributed by atoms with Crippen molar-refractivity contribution < 1.29 is 14.3 Å². The van der Waals surface area contributed by atoms with Gasteiger partial charge in [0.2, 0.25) is 0 Å². The van der Waals surface area contributed by atoms with Gasteiger partial charge in [0, 0.05) is 27.8 Å². The lowest BCUT2D eigenvalue weighted by Gasteiger charge is -2.46. The van der Waals surface area contributed by atoms with Crippen LogP contribution in [0.15, 0.2) is 70.5 Å². The van der Waals surface area contributed by atoms with E-state index in [1.165, 1.54) is 7.11 Å². The number of nitrogens with zero attached hydrogens (tertiary/aromatic N) is 1. The third kappa shape index (κ3) is 2.17. The quantitative estimate of drug-likeness (QED) is 0.583. The maximum Gasteiger partial charge on any atom is 0.339 e. The molecule has 0 fully saturated rings. The van der Waals surface area contributed by atoms with E-state index in [4.69, 9.17) is 15.4 Å². The van der Waals surface area contributed by atoms with Gasteiger partial charge in [-0.15, -0.1) is 0 Å². The van der Waals surface area contributed by atoms with Crippen molar-refractivity contribution in [1.82, 2.24) is 4.31 Å². The molecule has 0 saturated heterocycles. The van der Waals surface area contributed by atoms with Gasteiger partial charge in [0.25, 0.3) is 5.91 Å². The van der Waals surface area contributed by atoms with Crippen molar-refractivity contribution >= 4 is 42.8 Å². The molecule has 1 aliphatic rings. The lowest BCUT2D eigenvalue weighted by Crippen LogP contribution is -2.32. The minimum atomic E-state index is -2.44. The van der Waals surface area contributed by atoms with E-state index in [-0.39, 0.29) is 5.91 Å². The van der Waals surface area contributed by atoms with E-state index >= 15 is 0 Å². The maximum absolute atomic E-state index is 13.1. The molecule has 1 atom stereocenters. The molecule has 6 heteroatoms. The highest BCUT2D eigenvalue weighted by atomic mass is 35.7. The van der Waals surface area contributed by atoms with E-state index < -0.39 is 15.4 Å². The Hall–Kier alpha value is -2.50. The fourth-order valence-corrected chi connectivity index (χ4v) is 6.98. The van der Waals surface area contributed by atoms with Crippen LogP contribution in [0.4, 0.5) is 0 Å². The van der Waals surface area contributed by atoms with Crippen LogP contribution in [0, 0.1) is 0 Å². The van der Waals surface area contributed by atoms with Gasteiger partial charge in [-0.25, -0.2) is 4.79 Å². The second-order valence-corrected chi connectivity index (χ2v) is 9.74. The van der Waals surface area contributed by atoms with Gasteiger partial charge in [-0.3, -0.25) is 9.10 Å². The molecule has 0 N–H and O–H groups in total. The van der Waals surface area contributed by atoms with Crippen LogP contribution in [0.25, 0.3) is 10.8 Å². The zero-order chi connectivity index (χ0) is 18.5. The first-order chi connectivity index (χ1) is 12.5. The van der Waals surface area contributed by atoms with Crippen LogP contribution in [0.5, 0.6) is 0 Å². The molecule has 4 rings (SSSR count). The molecule has 1 unspecified atom stereocenters. The van der Waals surface area contributed by atoms with Crippen LogP contribution in [0.2, 0.25) is 0 Å². The monoisotopic (exact) mass is 385 g/mol. The predicted molar refractivity (Wildman–Crippen MR) is 104 cm³/mol. The average Bonchev–Trinajstić information content (AvgIpc) is 2.69. The van der Waals surface area contributed by atoms with Crippen LogP contribution in [-0.2, 0) is 4.74 Å². The molecule has 1 heterocycles. The van der Waals surface area contributed by atoms with Crippen LogP contribution >= 0.6 is 20.1 Å². The lowest BCUT2D eigenvalue weighted by molar-refractivity contribution is 0.0596. The topological polar surface area (TPSA) is 46.6 Å². The molecule has 1 aliphatic heterocycles. The number of ether oxygens (including phenoxy) is 1. The van der Waals surface area contributed by atoms with E-state index in [9.17, 15) is 9.59 Å². The van der Waals surface area contributed by atoms with Crippen molar-refractivity contribution in [3.63, 3.8) is 0 Å². The number of amides is 1. The summed E-state index contributed by atoms with van der Waals surface area (Å²) in [4.78, 5) is 26.9. The molecule has 132 valence electrons. The molecule has 0 aromatic heterocycles. The van der Waals surface area contributed by atoms with E-state index in [1.807, 2.05) is 42.5 Å². The summed E-state index contributed by atoms with van der Waals surface area (Å²) in [6, 6.07) is 18.5.